The highest BCUT2D eigenvalue weighted by Gasteiger charge is 1.99. The van der Waals surface area contributed by atoms with Crippen molar-refractivity contribution < 1.29 is 0 Å². The standard InChI is InChI=1S/C9H9ClN2O/c1-2-3-4-6-12-7-5-11-8(10)9(12)13/h5,7H,4,6H2,1H3. The maximum Gasteiger partial charge on any atom is 0.288 e. The first-order valence-electron chi connectivity index (χ1n) is 3.86. The van der Waals surface area contributed by atoms with Crippen molar-refractivity contribution in [1.82, 2.24) is 9.55 Å². The number of aryl methyl sites for hydroxylation is 1. The molecule has 0 unspecified atom stereocenters. The second-order valence-electron chi connectivity index (χ2n) is 2.39. The van der Waals surface area contributed by atoms with Gasteiger partial charge in [0.2, 0.25) is 0 Å². The maximum absolute atomic E-state index is 11.3. The van der Waals surface area contributed by atoms with Crippen LogP contribution in [0, 0.1) is 11.8 Å². The van der Waals surface area contributed by atoms with Gasteiger partial charge in [-0.05, 0) is 6.92 Å². The molecule has 0 fully saturated rings. The van der Waals surface area contributed by atoms with E-state index in [9.17, 15) is 4.79 Å². The predicted molar refractivity (Wildman–Crippen MR) is 51.6 cm³/mol. The monoisotopic (exact) mass is 196 g/mol. The molecule has 3 nitrogen and oxygen atoms in total. The molecule has 0 saturated carbocycles. The fourth-order valence-corrected chi connectivity index (χ4v) is 1.06. The Morgan fingerprint density at radius 3 is 3.15 bits per heavy atom. The average Bonchev–Trinajstić information content (AvgIpc) is 2.13. The first kappa shape index (κ1) is 9.82. The van der Waals surface area contributed by atoms with Gasteiger partial charge in [-0.1, -0.05) is 11.6 Å². The summed E-state index contributed by atoms with van der Waals surface area (Å²) in [7, 11) is 0. The molecule has 0 bridgehead atoms. The van der Waals surface area contributed by atoms with Crippen molar-refractivity contribution in [2.45, 2.75) is 19.9 Å². The molecule has 4 heteroatoms. The molecule has 1 aromatic heterocycles. The molecular formula is C9H9ClN2O. The van der Waals surface area contributed by atoms with Gasteiger partial charge in [-0.15, -0.1) is 11.8 Å². The highest BCUT2D eigenvalue weighted by Crippen LogP contribution is 1.94. The van der Waals surface area contributed by atoms with Crippen LogP contribution in [-0.2, 0) is 6.54 Å². The third-order valence-electron chi connectivity index (χ3n) is 1.53. The molecule has 0 saturated heterocycles. The lowest BCUT2D eigenvalue weighted by atomic mass is 10.4. The quantitative estimate of drug-likeness (QED) is 0.669. The zero-order chi connectivity index (χ0) is 9.68. The Morgan fingerprint density at radius 2 is 2.46 bits per heavy atom. The minimum atomic E-state index is -0.262. The summed E-state index contributed by atoms with van der Waals surface area (Å²) in [5.41, 5.74) is -0.262. The zero-order valence-corrected chi connectivity index (χ0v) is 8.01. The average molecular weight is 197 g/mol. The van der Waals surface area contributed by atoms with Crippen LogP contribution in [0.5, 0.6) is 0 Å². The fraction of sp³-hybridized carbons (Fsp3) is 0.333. The van der Waals surface area contributed by atoms with E-state index in [-0.39, 0.29) is 10.7 Å². The molecule has 13 heavy (non-hydrogen) atoms. The van der Waals surface area contributed by atoms with Gasteiger partial charge in [-0.2, -0.15) is 0 Å². The maximum atomic E-state index is 11.3. The Labute approximate surface area is 81.4 Å². The first-order valence-corrected chi connectivity index (χ1v) is 4.24. The van der Waals surface area contributed by atoms with Gasteiger partial charge in [0.15, 0.2) is 5.15 Å². The third kappa shape index (κ3) is 2.60. The van der Waals surface area contributed by atoms with Crippen molar-refractivity contribution in [3.63, 3.8) is 0 Å². The summed E-state index contributed by atoms with van der Waals surface area (Å²) < 4.78 is 1.50. The van der Waals surface area contributed by atoms with Gasteiger partial charge >= 0.3 is 0 Å². The van der Waals surface area contributed by atoms with Gasteiger partial charge in [-0.3, -0.25) is 4.79 Å². The van der Waals surface area contributed by atoms with Crippen molar-refractivity contribution in [1.29, 1.82) is 0 Å². The van der Waals surface area contributed by atoms with E-state index in [1.165, 1.54) is 10.8 Å². The first-order chi connectivity index (χ1) is 6.25. The van der Waals surface area contributed by atoms with Crippen LogP contribution in [0.1, 0.15) is 13.3 Å². The van der Waals surface area contributed by atoms with Crippen LogP contribution in [0.2, 0.25) is 5.15 Å². The Bertz CT molecular complexity index is 400. The van der Waals surface area contributed by atoms with E-state index in [0.717, 1.165) is 0 Å². The van der Waals surface area contributed by atoms with E-state index >= 15 is 0 Å². The zero-order valence-electron chi connectivity index (χ0n) is 7.25. The van der Waals surface area contributed by atoms with E-state index in [2.05, 4.69) is 16.8 Å². The van der Waals surface area contributed by atoms with Crippen molar-refractivity contribution in [2.24, 2.45) is 0 Å². The number of rotatable bonds is 2. The molecule has 68 valence electrons. The minimum Gasteiger partial charge on any atom is -0.310 e. The van der Waals surface area contributed by atoms with Gasteiger partial charge in [0.1, 0.15) is 0 Å². The molecule has 0 spiro atoms. The van der Waals surface area contributed by atoms with E-state index in [1.54, 1.807) is 13.1 Å². The number of halogens is 1. The molecule has 0 N–H and O–H groups in total. The summed E-state index contributed by atoms with van der Waals surface area (Å²) in [5, 5.41) is 0.00644. The van der Waals surface area contributed by atoms with Crippen LogP contribution in [0.4, 0.5) is 0 Å². The molecular weight excluding hydrogens is 188 g/mol. The van der Waals surface area contributed by atoms with Gasteiger partial charge < -0.3 is 4.57 Å². The number of nitrogens with zero attached hydrogens (tertiary/aromatic N) is 2. The minimum absolute atomic E-state index is 0.00644. The lowest BCUT2D eigenvalue weighted by Gasteiger charge is -2.00. The van der Waals surface area contributed by atoms with Crippen molar-refractivity contribution in [3.05, 3.63) is 27.9 Å². The van der Waals surface area contributed by atoms with E-state index in [0.29, 0.717) is 13.0 Å². The smallest absolute Gasteiger partial charge is 0.288 e. The van der Waals surface area contributed by atoms with Crippen LogP contribution < -0.4 is 5.56 Å². The van der Waals surface area contributed by atoms with Gasteiger partial charge in [0.05, 0.1) is 0 Å². The lowest BCUT2D eigenvalue weighted by molar-refractivity contribution is 0.682. The molecule has 0 aliphatic carbocycles. The molecule has 1 aromatic rings. The Balaban J connectivity index is 2.81. The third-order valence-corrected chi connectivity index (χ3v) is 1.79. The normalized spacial score (nSPS) is 9.08. The van der Waals surface area contributed by atoms with Crippen LogP contribution in [0.3, 0.4) is 0 Å². The summed E-state index contributed by atoms with van der Waals surface area (Å²) in [4.78, 5) is 14.9. The fourth-order valence-electron chi connectivity index (χ4n) is 0.898. The summed E-state index contributed by atoms with van der Waals surface area (Å²) in [6.45, 7) is 2.32. The summed E-state index contributed by atoms with van der Waals surface area (Å²) in [6, 6.07) is 0. The van der Waals surface area contributed by atoms with E-state index in [1.807, 2.05) is 0 Å². The SMILES string of the molecule is CC#CCCn1ccnc(Cl)c1=O. The molecule has 0 aromatic carbocycles. The van der Waals surface area contributed by atoms with Gasteiger partial charge in [0.25, 0.3) is 5.56 Å². The van der Waals surface area contributed by atoms with Gasteiger partial charge in [0, 0.05) is 25.4 Å². The predicted octanol–water partition coefficient (Wildman–Crippen LogP) is 1.31. The van der Waals surface area contributed by atoms with Gasteiger partial charge in [-0.25, -0.2) is 4.98 Å². The van der Waals surface area contributed by atoms with Crippen molar-refractivity contribution >= 4 is 11.6 Å². The number of hydrogen-bond acceptors (Lipinski definition) is 2. The van der Waals surface area contributed by atoms with E-state index in [4.69, 9.17) is 11.6 Å². The molecule has 0 aliphatic heterocycles. The largest absolute Gasteiger partial charge is 0.310 e. The van der Waals surface area contributed by atoms with E-state index < -0.39 is 0 Å². The number of aromatic nitrogens is 2. The molecule has 1 heterocycles. The molecule has 1 rings (SSSR count). The highest BCUT2D eigenvalue weighted by molar-refractivity contribution is 6.29. The van der Waals surface area contributed by atoms with Crippen molar-refractivity contribution in [3.8, 4) is 11.8 Å². The summed E-state index contributed by atoms with van der Waals surface area (Å²) in [6.07, 6.45) is 3.76. The second kappa shape index (κ2) is 4.68. The molecule has 0 amide bonds. The Kier molecular flexibility index (Phi) is 3.53. The summed E-state index contributed by atoms with van der Waals surface area (Å²) in [5.74, 6) is 5.63. The lowest BCUT2D eigenvalue weighted by Crippen LogP contribution is -2.20. The molecule has 0 aliphatic rings. The van der Waals surface area contributed by atoms with Crippen LogP contribution >= 0.6 is 11.6 Å². The summed E-state index contributed by atoms with van der Waals surface area (Å²) >= 11 is 5.55. The number of hydrogen-bond donors (Lipinski definition) is 0. The van der Waals surface area contributed by atoms with Crippen LogP contribution in [0.25, 0.3) is 0 Å². The molecule has 0 radical (unpaired) electrons. The van der Waals surface area contributed by atoms with Crippen LogP contribution in [0.15, 0.2) is 17.2 Å². The Hall–Kier alpha value is -1.27. The molecule has 0 atom stereocenters. The Morgan fingerprint density at radius 1 is 1.69 bits per heavy atom. The topological polar surface area (TPSA) is 34.9 Å². The van der Waals surface area contributed by atoms with Crippen molar-refractivity contribution in [2.75, 3.05) is 0 Å². The highest BCUT2D eigenvalue weighted by atomic mass is 35.5. The second-order valence-corrected chi connectivity index (χ2v) is 2.75. The van der Waals surface area contributed by atoms with Crippen LogP contribution in [-0.4, -0.2) is 9.55 Å².